The van der Waals surface area contributed by atoms with Crippen LogP contribution in [-0.2, 0) is 4.79 Å². The van der Waals surface area contributed by atoms with Crippen LogP contribution in [0.2, 0.25) is 0 Å². The lowest BCUT2D eigenvalue weighted by Gasteiger charge is -2.02. The number of anilines is 1. The quantitative estimate of drug-likeness (QED) is 0.452. The van der Waals surface area contributed by atoms with E-state index < -0.39 is 0 Å². The predicted molar refractivity (Wildman–Crippen MR) is 117 cm³/mol. The molecule has 4 rings (SSSR count). The van der Waals surface area contributed by atoms with Crippen molar-refractivity contribution in [3.63, 3.8) is 0 Å². The van der Waals surface area contributed by atoms with Crippen molar-refractivity contribution in [2.75, 3.05) is 19.5 Å². The molecule has 4 aromatic rings. The number of amides is 1. The molecule has 1 amide bonds. The lowest BCUT2D eigenvalue weighted by molar-refractivity contribution is -0.111. The van der Waals surface area contributed by atoms with Crippen LogP contribution in [0.1, 0.15) is 5.56 Å². The van der Waals surface area contributed by atoms with Crippen molar-refractivity contribution in [1.29, 1.82) is 0 Å². The summed E-state index contributed by atoms with van der Waals surface area (Å²) in [6.45, 7) is 0. The lowest BCUT2D eigenvalue weighted by Crippen LogP contribution is -2.07. The van der Waals surface area contributed by atoms with Crippen molar-refractivity contribution < 1.29 is 18.7 Å². The Morgan fingerprint density at radius 2 is 1.73 bits per heavy atom. The lowest BCUT2D eigenvalue weighted by atomic mass is 10.2. The van der Waals surface area contributed by atoms with Crippen LogP contribution in [0.4, 0.5) is 5.69 Å². The average molecular weight is 400 g/mol. The van der Waals surface area contributed by atoms with Gasteiger partial charge in [-0.2, -0.15) is 0 Å². The van der Waals surface area contributed by atoms with Gasteiger partial charge in [-0.05, 0) is 54.1 Å². The molecule has 6 nitrogen and oxygen atoms in total. The van der Waals surface area contributed by atoms with E-state index in [9.17, 15) is 4.79 Å². The highest BCUT2D eigenvalue weighted by Crippen LogP contribution is 2.28. The summed E-state index contributed by atoms with van der Waals surface area (Å²) >= 11 is 0. The van der Waals surface area contributed by atoms with Crippen LogP contribution in [-0.4, -0.2) is 25.1 Å². The van der Waals surface area contributed by atoms with Gasteiger partial charge in [0.1, 0.15) is 17.0 Å². The van der Waals surface area contributed by atoms with Crippen LogP contribution >= 0.6 is 0 Å². The zero-order valence-corrected chi connectivity index (χ0v) is 16.6. The molecule has 0 radical (unpaired) electrons. The summed E-state index contributed by atoms with van der Waals surface area (Å²) in [6.07, 6.45) is 3.20. The summed E-state index contributed by atoms with van der Waals surface area (Å²) in [5.41, 5.74) is 3.60. The van der Waals surface area contributed by atoms with E-state index in [-0.39, 0.29) is 5.91 Å². The van der Waals surface area contributed by atoms with E-state index in [1.165, 1.54) is 6.08 Å². The molecule has 0 atom stereocenters. The Labute approximate surface area is 173 Å². The molecule has 0 saturated heterocycles. The summed E-state index contributed by atoms with van der Waals surface area (Å²) < 4.78 is 16.3. The molecule has 0 aliphatic carbocycles. The van der Waals surface area contributed by atoms with Gasteiger partial charge >= 0.3 is 0 Å². The summed E-state index contributed by atoms with van der Waals surface area (Å²) in [4.78, 5) is 16.8. The van der Waals surface area contributed by atoms with Crippen molar-refractivity contribution >= 4 is 28.8 Å². The van der Waals surface area contributed by atoms with Crippen LogP contribution < -0.4 is 14.8 Å². The third kappa shape index (κ3) is 4.33. The fraction of sp³-hybridized carbons (Fsp3) is 0.0833. The maximum atomic E-state index is 12.3. The van der Waals surface area contributed by atoms with Crippen LogP contribution in [0.15, 0.2) is 77.2 Å². The van der Waals surface area contributed by atoms with Crippen LogP contribution in [0.3, 0.4) is 0 Å². The summed E-state index contributed by atoms with van der Waals surface area (Å²) in [6, 6.07) is 20.3. The minimum atomic E-state index is -0.246. The number of rotatable bonds is 6. The zero-order chi connectivity index (χ0) is 20.9. The number of hydrogen-bond donors (Lipinski definition) is 1. The molecule has 1 aromatic heterocycles. The highest BCUT2D eigenvalue weighted by atomic mass is 16.5. The third-order valence-corrected chi connectivity index (χ3v) is 4.49. The summed E-state index contributed by atoms with van der Waals surface area (Å²) in [5, 5.41) is 2.84. The molecule has 3 aromatic carbocycles. The second-order valence-electron chi connectivity index (χ2n) is 6.53. The molecule has 0 aliphatic rings. The van der Waals surface area contributed by atoms with Gasteiger partial charge in [0.2, 0.25) is 11.8 Å². The smallest absolute Gasteiger partial charge is 0.248 e. The topological polar surface area (TPSA) is 73.6 Å². The fourth-order valence-electron chi connectivity index (χ4n) is 2.98. The van der Waals surface area contributed by atoms with Crippen LogP contribution in [0.5, 0.6) is 11.5 Å². The van der Waals surface area contributed by atoms with E-state index in [2.05, 4.69) is 10.3 Å². The molecule has 1 N–H and O–H groups in total. The Balaban J connectivity index is 1.50. The van der Waals surface area contributed by atoms with Crippen molar-refractivity contribution in [3.05, 3.63) is 78.4 Å². The number of carbonyl (C=O) groups is 1. The highest BCUT2D eigenvalue weighted by Gasteiger charge is 2.10. The Morgan fingerprint density at radius 1 is 0.967 bits per heavy atom. The Kier molecular flexibility index (Phi) is 5.48. The van der Waals surface area contributed by atoms with Gasteiger partial charge in [-0.25, -0.2) is 4.98 Å². The molecule has 6 heteroatoms. The molecule has 0 fully saturated rings. The number of oxazole rings is 1. The first kappa shape index (κ1) is 19.3. The van der Waals surface area contributed by atoms with Crippen LogP contribution in [0.25, 0.3) is 28.6 Å². The minimum absolute atomic E-state index is 0.246. The second kappa shape index (κ2) is 8.53. The molecule has 0 aliphatic heterocycles. The number of carbonyl (C=O) groups excluding carboxylic acids is 1. The van der Waals surface area contributed by atoms with Crippen molar-refractivity contribution in [2.24, 2.45) is 0 Å². The van der Waals surface area contributed by atoms with Crippen molar-refractivity contribution in [2.45, 2.75) is 0 Å². The molecule has 0 bridgehead atoms. The van der Waals surface area contributed by atoms with Gasteiger partial charge in [0, 0.05) is 23.4 Å². The number of methoxy groups -OCH3 is 2. The van der Waals surface area contributed by atoms with E-state index in [4.69, 9.17) is 13.9 Å². The number of nitrogens with zero attached hydrogens (tertiary/aromatic N) is 1. The number of hydrogen-bond acceptors (Lipinski definition) is 5. The van der Waals surface area contributed by atoms with Crippen LogP contribution in [0, 0.1) is 0 Å². The number of benzene rings is 3. The van der Waals surface area contributed by atoms with E-state index in [0.717, 1.165) is 22.6 Å². The normalized spacial score (nSPS) is 11.0. The molecule has 0 unspecified atom stereocenters. The zero-order valence-electron chi connectivity index (χ0n) is 16.6. The van der Waals surface area contributed by atoms with Gasteiger partial charge in [-0.1, -0.05) is 18.2 Å². The van der Waals surface area contributed by atoms with E-state index >= 15 is 0 Å². The Morgan fingerprint density at radius 3 is 2.53 bits per heavy atom. The highest BCUT2D eigenvalue weighted by molar-refractivity contribution is 6.02. The van der Waals surface area contributed by atoms with Gasteiger partial charge < -0.3 is 19.2 Å². The Bertz CT molecular complexity index is 1230. The standard InChI is InChI=1S/C24H20N2O4/c1-28-19-7-3-5-16(13-19)9-12-23(27)25-18-10-11-21-22(15-18)30-24(26-21)17-6-4-8-20(14-17)29-2/h3-15H,1-2H3,(H,25,27)/b12-9+. The first-order chi connectivity index (χ1) is 14.6. The second-order valence-corrected chi connectivity index (χ2v) is 6.53. The van der Waals surface area contributed by atoms with E-state index in [0.29, 0.717) is 22.7 Å². The SMILES string of the molecule is COc1cccc(/C=C/C(=O)Nc2ccc3nc(-c4cccc(OC)c4)oc3c2)c1. The molecule has 0 saturated carbocycles. The van der Waals surface area contributed by atoms with Gasteiger partial charge in [-0.15, -0.1) is 0 Å². The summed E-state index contributed by atoms with van der Waals surface area (Å²) in [5.74, 6) is 1.71. The van der Waals surface area contributed by atoms with Gasteiger partial charge in [0.15, 0.2) is 5.58 Å². The average Bonchev–Trinajstić information content (AvgIpc) is 3.21. The molecular weight excluding hydrogens is 380 g/mol. The molecule has 150 valence electrons. The van der Waals surface area contributed by atoms with E-state index in [1.807, 2.05) is 54.6 Å². The minimum Gasteiger partial charge on any atom is -0.497 e. The van der Waals surface area contributed by atoms with Gasteiger partial charge in [0.05, 0.1) is 14.2 Å². The molecule has 0 spiro atoms. The largest absolute Gasteiger partial charge is 0.497 e. The molecular formula is C24H20N2O4. The van der Waals surface area contributed by atoms with E-state index in [1.54, 1.807) is 32.4 Å². The fourth-order valence-corrected chi connectivity index (χ4v) is 2.98. The summed E-state index contributed by atoms with van der Waals surface area (Å²) in [7, 11) is 3.22. The Hall–Kier alpha value is -4.06. The number of aromatic nitrogens is 1. The van der Waals surface area contributed by atoms with Crippen molar-refractivity contribution in [3.8, 4) is 23.0 Å². The first-order valence-electron chi connectivity index (χ1n) is 9.33. The number of fused-ring (bicyclic) bond motifs is 1. The number of ether oxygens (including phenoxy) is 2. The number of nitrogens with one attached hydrogen (secondary N) is 1. The van der Waals surface area contributed by atoms with Gasteiger partial charge in [0.25, 0.3) is 0 Å². The molecule has 30 heavy (non-hydrogen) atoms. The monoisotopic (exact) mass is 400 g/mol. The van der Waals surface area contributed by atoms with Gasteiger partial charge in [-0.3, -0.25) is 4.79 Å². The maximum Gasteiger partial charge on any atom is 0.248 e. The first-order valence-corrected chi connectivity index (χ1v) is 9.33. The third-order valence-electron chi connectivity index (χ3n) is 4.49. The predicted octanol–water partition coefficient (Wildman–Crippen LogP) is 5.16. The maximum absolute atomic E-state index is 12.3. The van der Waals surface area contributed by atoms with Crippen molar-refractivity contribution in [1.82, 2.24) is 4.98 Å². The molecule has 1 heterocycles.